The Hall–Kier alpha value is -2.91. The molecule has 0 spiro atoms. The van der Waals surface area contributed by atoms with Gasteiger partial charge in [-0.2, -0.15) is 0 Å². The van der Waals surface area contributed by atoms with Crippen molar-refractivity contribution >= 4 is 18.2 Å². The van der Waals surface area contributed by atoms with E-state index in [1.54, 1.807) is 0 Å². The summed E-state index contributed by atoms with van der Waals surface area (Å²) in [5.41, 5.74) is -2.26. The van der Waals surface area contributed by atoms with E-state index in [-0.39, 0.29) is 0 Å². The molecular formula is C10H11N3O7. The fourth-order valence-corrected chi connectivity index (χ4v) is 1.28. The van der Waals surface area contributed by atoms with Gasteiger partial charge >= 0.3 is 17.6 Å². The molecule has 1 aromatic heterocycles. The van der Waals surface area contributed by atoms with Gasteiger partial charge in [0.25, 0.3) is 5.56 Å². The molecule has 0 saturated heterocycles. The van der Waals surface area contributed by atoms with E-state index in [1.807, 2.05) is 4.98 Å². The van der Waals surface area contributed by atoms with Gasteiger partial charge in [-0.1, -0.05) is 0 Å². The van der Waals surface area contributed by atoms with Crippen LogP contribution in [0.15, 0.2) is 14.6 Å². The van der Waals surface area contributed by atoms with Crippen LogP contribution >= 0.6 is 0 Å². The SMILES string of the molecule is Cn1c(O)c(C=N[C@H](CC(=O)O)C(=O)O)c(=O)[nH]c1=O. The van der Waals surface area contributed by atoms with Crippen LogP contribution in [0.5, 0.6) is 5.88 Å². The van der Waals surface area contributed by atoms with Crippen molar-refractivity contribution in [2.45, 2.75) is 12.5 Å². The Labute approximate surface area is 110 Å². The number of aromatic hydroxyl groups is 1. The number of aromatic nitrogens is 2. The maximum absolute atomic E-state index is 11.4. The number of nitrogens with zero attached hydrogens (tertiary/aromatic N) is 2. The number of hydrogen-bond donors (Lipinski definition) is 4. The zero-order chi connectivity index (χ0) is 15.4. The third kappa shape index (κ3) is 3.31. The van der Waals surface area contributed by atoms with E-state index in [0.717, 1.165) is 10.8 Å². The lowest BCUT2D eigenvalue weighted by molar-refractivity contribution is -0.144. The molecule has 108 valence electrons. The molecule has 1 rings (SSSR count). The molecule has 0 radical (unpaired) electrons. The molecule has 10 nitrogen and oxygen atoms in total. The number of aliphatic carboxylic acids is 2. The van der Waals surface area contributed by atoms with Gasteiger partial charge in [0, 0.05) is 13.3 Å². The van der Waals surface area contributed by atoms with Crippen LogP contribution < -0.4 is 11.2 Å². The summed E-state index contributed by atoms with van der Waals surface area (Å²) in [5.74, 6) is -3.58. The highest BCUT2D eigenvalue weighted by Crippen LogP contribution is 2.06. The topological polar surface area (TPSA) is 162 Å². The van der Waals surface area contributed by atoms with Crippen LogP contribution in [-0.2, 0) is 16.6 Å². The van der Waals surface area contributed by atoms with Crippen molar-refractivity contribution < 1.29 is 24.9 Å². The predicted molar refractivity (Wildman–Crippen MR) is 65.2 cm³/mol. The Morgan fingerprint density at radius 1 is 1.40 bits per heavy atom. The van der Waals surface area contributed by atoms with Crippen molar-refractivity contribution in [2.75, 3.05) is 0 Å². The van der Waals surface area contributed by atoms with Crippen molar-refractivity contribution in [1.29, 1.82) is 0 Å². The first-order valence-electron chi connectivity index (χ1n) is 5.24. The van der Waals surface area contributed by atoms with Crippen molar-refractivity contribution in [2.24, 2.45) is 12.0 Å². The highest BCUT2D eigenvalue weighted by Gasteiger charge is 2.20. The highest BCUT2D eigenvalue weighted by molar-refractivity contribution is 5.87. The van der Waals surface area contributed by atoms with Gasteiger partial charge in [0.15, 0.2) is 6.04 Å². The van der Waals surface area contributed by atoms with Crippen LogP contribution in [-0.4, -0.2) is 49.1 Å². The number of carboxylic acids is 2. The van der Waals surface area contributed by atoms with Crippen LogP contribution in [0.2, 0.25) is 0 Å². The molecule has 1 atom stereocenters. The molecule has 0 fully saturated rings. The van der Waals surface area contributed by atoms with Crippen molar-refractivity contribution in [3.05, 3.63) is 26.4 Å². The second-order valence-corrected chi connectivity index (χ2v) is 3.79. The average molecular weight is 285 g/mol. The van der Waals surface area contributed by atoms with E-state index in [9.17, 15) is 24.3 Å². The van der Waals surface area contributed by atoms with Crippen LogP contribution in [0, 0.1) is 0 Å². The van der Waals surface area contributed by atoms with E-state index < -0.39 is 47.1 Å². The molecule has 1 heterocycles. The summed E-state index contributed by atoms with van der Waals surface area (Å²) in [6.45, 7) is 0. The maximum Gasteiger partial charge on any atom is 0.330 e. The third-order valence-corrected chi connectivity index (χ3v) is 2.36. The van der Waals surface area contributed by atoms with E-state index in [1.165, 1.54) is 7.05 Å². The van der Waals surface area contributed by atoms with Crippen LogP contribution in [0.1, 0.15) is 12.0 Å². The Kier molecular flexibility index (Phi) is 4.41. The van der Waals surface area contributed by atoms with E-state index >= 15 is 0 Å². The normalized spacial score (nSPS) is 12.4. The van der Waals surface area contributed by atoms with Crippen molar-refractivity contribution in [1.82, 2.24) is 9.55 Å². The van der Waals surface area contributed by atoms with Gasteiger partial charge in [0.2, 0.25) is 5.88 Å². The quantitative estimate of drug-likeness (QED) is 0.460. The van der Waals surface area contributed by atoms with E-state index in [4.69, 9.17) is 10.2 Å². The van der Waals surface area contributed by atoms with Gasteiger partial charge in [-0.05, 0) is 0 Å². The molecule has 0 aliphatic rings. The molecule has 0 aliphatic carbocycles. The fourth-order valence-electron chi connectivity index (χ4n) is 1.28. The zero-order valence-electron chi connectivity index (χ0n) is 10.2. The minimum absolute atomic E-state index is 0.441. The molecule has 0 saturated carbocycles. The zero-order valence-corrected chi connectivity index (χ0v) is 10.2. The monoisotopic (exact) mass is 285 g/mol. The average Bonchev–Trinajstić information content (AvgIpc) is 2.33. The fraction of sp³-hybridized carbons (Fsp3) is 0.300. The molecule has 0 aromatic carbocycles. The lowest BCUT2D eigenvalue weighted by atomic mass is 10.2. The molecule has 4 N–H and O–H groups in total. The first kappa shape index (κ1) is 15.1. The van der Waals surface area contributed by atoms with Gasteiger partial charge in [-0.3, -0.25) is 24.1 Å². The van der Waals surface area contributed by atoms with Gasteiger partial charge in [-0.15, -0.1) is 0 Å². The minimum atomic E-state index is -1.61. The highest BCUT2D eigenvalue weighted by atomic mass is 16.4. The number of nitrogens with one attached hydrogen (secondary N) is 1. The molecule has 1 aromatic rings. The van der Waals surface area contributed by atoms with Gasteiger partial charge in [0.1, 0.15) is 5.56 Å². The van der Waals surface area contributed by atoms with E-state index in [2.05, 4.69) is 4.99 Å². The Morgan fingerprint density at radius 3 is 2.50 bits per heavy atom. The summed E-state index contributed by atoms with van der Waals surface area (Å²) in [4.78, 5) is 49.1. The Balaban J connectivity index is 3.21. The maximum atomic E-state index is 11.4. The second kappa shape index (κ2) is 5.82. The lowest BCUT2D eigenvalue weighted by Crippen LogP contribution is -2.31. The molecule has 20 heavy (non-hydrogen) atoms. The molecule has 0 bridgehead atoms. The summed E-state index contributed by atoms with van der Waals surface area (Å²) >= 11 is 0. The molecule has 10 heteroatoms. The Bertz CT molecular complexity index is 685. The number of rotatable bonds is 5. The second-order valence-electron chi connectivity index (χ2n) is 3.79. The lowest BCUT2D eigenvalue weighted by Gasteiger charge is -2.05. The number of aliphatic imine (C=N–C) groups is 1. The minimum Gasteiger partial charge on any atom is -0.494 e. The van der Waals surface area contributed by atoms with Gasteiger partial charge in [-0.25, -0.2) is 9.59 Å². The summed E-state index contributed by atoms with van der Waals surface area (Å²) in [7, 11) is 1.18. The first-order valence-corrected chi connectivity index (χ1v) is 5.24. The number of aromatic amines is 1. The number of hydrogen-bond acceptors (Lipinski definition) is 6. The number of carbonyl (C=O) groups is 2. The van der Waals surface area contributed by atoms with Crippen LogP contribution in [0.3, 0.4) is 0 Å². The van der Waals surface area contributed by atoms with Crippen molar-refractivity contribution in [3.8, 4) is 5.88 Å². The summed E-state index contributed by atoms with van der Waals surface area (Å²) in [6, 6.07) is -1.61. The summed E-state index contributed by atoms with van der Waals surface area (Å²) < 4.78 is 0.718. The number of H-pyrrole nitrogens is 1. The van der Waals surface area contributed by atoms with Crippen LogP contribution in [0.4, 0.5) is 0 Å². The first-order chi connectivity index (χ1) is 9.23. The smallest absolute Gasteiger partial charge is 0.330 e. The third-order valence-electron chi connectivity index (χ3n) is 2.36. The summed E-state index contributed by atoms with van der Waals surface area (Å²) in [5, 5.41) is 26.9. The summed E-state index contributed by atoms with van der Waals surface area (Å²) in [6.07, 6.45) is -0.0639. The molecular weight excluding hydrogens is 274 g/mol. The Morgan fingerprint density at radius 2 is 2.00 bits per heavy atom. The number of carboxylic acid groups (broad SMARTS) is 2. The molecule has 0 aliphatic heterocycles. The van der Waals surface area contributed by atoms with Gasteiger partial charge < -0.3 is 15.3 Å². The van der Waals surface area contributed by atoms with Crippen molar-refractivity contribution in [3.63, 3.8) is 0 Å². The largest absolute Gasteiger partial charge is 0.494 e. The van der Waals surface area contributed by atoms with E-state index in [0.29, 0.717) is 0 Å². The molecule has 0 amide bonds. The van der Waals surface area contributed by atoms with Gasteiger partial charge in [0.05, 0.1) is 6.42 Å². The molecule has 0 unspecified atom stereocenters. The standard InChI is InChI=1S/C10H11N3O7/c1-13-8(17)4(7(16)12-10(13)20)3-11-5(9(18)19)2-6(14)15/h3,5,17H,2H2,1H3,(H,14,15)(H,18,19)(H,12,16,20)/t5-/m1/s1. The predicted octanol–water partition coefficient (Wildman–Crippen LogP) is -1.87. The van der Waals surface area contributed by atoms with Crippen LogP contribution in [0.25, 0.3) is 0 Å².